The summed E-state index contributed by atoms with van der Waals surface area (Å²) in [6, 6.07) is 6.99. The first-order chi connectivity index (χ1) is 7.05. The number of phenolic OH excluding ortho intramolecular Hbond substituents is 1. The molecule has 1 atom stereocenters. The van der Waals surface area contributed by atoms with Crippen LogP contribution in [0.15, 0.2) is 24.3 Å². The number of carbonyl (C=O) groups excluding carboxylic acids is 1. The number of phenols is 1. The molecular formula is C11H13NO3. The molecule has 1 aromatic carbocycles. The molecule has 0 radical (unpaired) electrons. The maximum Gasteiger partial charge on any atom is 0.410 e. The van der Waals surface area contributed by atoms with Crippen molar-refractivity contribution in [2.24, 2.45) is 0 Å². The Balaban J connectivity index is 2.47. The number of aromatic hydroxyl groups is 1. The highest BCUT2D eigenvalue weighted by Crippen LogP contribution is 2.37. The Bertz CT molecular complexity index is 405. The molecule has 0 aromatic heterocycles. The Labute approximate surface area is 88.1 Å². The minimum Gasteiger partial charge on any atom is -0.508 e. The lowest BCUT2D eigenvalue weighted by Crippen LogP contribution is -2.39. The van der Waals surface area contributed by atoms with Gasteiger partial charge in [0, 0.05) is 12.6 Å². The molecular weight excluding hydrogens is 194 g/mol. The SMILES string of the molecule is CN1C(=O)OCC1(C)c1ccccc1O. The number of carbonyl (C=O) groups is 1. The van der Waals surface area contributed by atoms with E-state index < -0.39 is 5.54 Å². The van der Waals surface area contributed by atoms with Gasteiger partial charge in [-0.3, -0.25) is 4.90 Å². The zero-order valence-electron chi connectivity index (χ0n) is 8.73. The van der Waals surface area contributed by atoms with Gasteiger partial charge in [0.25, 0.3) is 0 Å². The third-order valence-corrected chi connectivity index (χ3v) is 2.98. The molecule has 1 aliphatic rings. The van der Waals surface area contributed by atoms with Gasteiger partial charge in [-0.1, -0.05) is 18.2 Å². The van der Waals surface area contributed by atoms with E-state index in [1.165, 1.54) is 4.90 Å². The molecule has 0 saturated carbocycles. The number of hydrogen-bond donors (Lipinski definition) is 1. The van der Waals surface area contributed by atoms with Crippen LogP contribution in [0.4, 0.5) is 4.79 Å². The van der Waals surface area contributed by atoms with Gasteiger partial charge in [-0.2, -0.15) is 0 Å². The second kappa shape index (κ2) is 3.15. The average Bonchev–Trinajstić information content (AvgIpc) is 2.48. The predicted molar refractivity (Wildman–Crippen MR) is 54.6 cm³/mol. The molecule has 1 saturated heterocycles. The lowest BCUT2D eigenvalue weighted by molar-refractivity contribution is 0.162. The van der Waals surface area contributed by atoms with Gasteiger partial charge in [0.1, 0.15) is 17.9 Å². The summed E-state index contributed by atoms with van der Waals surface area (Å²) in [5.74, 6) is 0.185. The van der Waals surface area contributed by atoms with Crippen LogP contribution in [0.5, 0.6) is 5.75 Å². The van der Waals surface area contributed by atoms with Crippen molar-refractivity contribution in [2.45, 2.75) is 12.5 Å². The second-order valence-corrected chi connectivity index (χ2v) is 3.90. The molecule has 2 rings (SSSR count). The molecule has 0 aliphatic carbocycles. The van der Waals surface area contributed by atoms with Crippen molar-refractivity contribution in [3.8, 4) is 5.75 Å². The average molecular weight is 207 g/mol. The first-order valence-corrected chi connectivity index (χ1v) is 4.75. The summed E-state index contributed by atoms with van der Waals surface area (Å²) in [5.41, 5.74) is 0.126. The molecule has 4 nitrogen and oxygen atoms in total. The molecule has 1 aromatic rings. The molecule has 1 heterocycles. The summed E-state index contributed by atoms with van der Waals surface area (Å²) in [6.07, 6.45) is -0.360. The summed E-state index contributed by atoms with van der Waals surface area (Å²) in [4.78, 5) is 12.8. The van der Waals surface area contributed by atoms with Crippen molar-refractivity contribution in [2.75, 3.05) is 13.7 Å². The van der Waals surface area contributed by atoms with E-state index in [2.05, 4.69) is 0 Å². The highest BCUT2D eigenvalue weighted by Gasteiger charge is 2.43. The number of likely N-dealkylation sites (N-methyl/N-ethyl adjacent to an activating group) is 1. The maximum atomic E-state index is 11.3. The minimum atomic E-state index is -0.581. The Kier molecular flexibility index (Phi) is 2.07. The molecule has 1 N–H and O–H groups in total. The maximum absolute atomic E-state index is 11.3. The van der Waals surface area contributed by atoms with Crippen LogP contribution < -0.4 is 0 Å². The van der Waals surface area contributed by atoms with E-state index in [0.717, 1.165) is 0 Å². The molecule has 1 amide bonds. The normalized spacial score (nSPS) is 25.5. The second-order valence-electron chi connectivity index (χ2n) is 3.90. The van der Waals surface area contributed by atoms with E-state index in [-0.39, 0.29) is 18.4 Å². The lowest BCUT2D eigenvalue weighted by atomic mass is 9.91. The summed E-state index contributed by atoms with van der Waals surface area (Å²) < 4.78 is 4.97. The number of para-hydroxylation sites is 1. The Morgan fingerprint density at radius 2 is 2.13 bits per heavy atom. The van der Waals surface area contributed by atoms with Crippen molar-refractivity contribution in [3.63, 3.8) is 0 Å². The molecule has 0 spiro atoms. The van der Waals surface area contributed by atoms with Gasteiger partial charge >= 0.3 is 6.09 Å². The smallest absolute Gasteiger partial charge is 0.410 e. The van der Waals surface area contributed by atoms with Crippen LogP contribution in [-0.4, -0.2) is 29.8 Å². The monoisotopic (exact) mass is 207 g/mol. The number of amides is 1. The van der Waals surface area contributed by atoms with E-state index >= 15 is 0 Å². The lowest BCUT2D eigenvalue weighted by Gasteiger charge is -2.29. The molecule has 1 fully saturated rings. The highest BCUT2D eigenvalue weighted by molar-refractivity contribution is 5.71. The van der Waals surface area contributed by atoms with Gasteiger partial charge in [-0.05, 0) is 13.0 Å². The summed E-state index contributed by atoms with van der Waals surface area (Å²) in [6.45, 7) is 2.13. The number of hydrogen-bond acceptors (Lipinski definition) is 3. The van der Waals surface area contributed by atoms with Gasteiger partial charge in [-0.25, -0.2) is 4.79 Å². The van der Waals surface area contributed by atoms with Crippen molar-refractivity contribution >= 4 is 6.09 Å². The number of benzene rings is 1. The Hall–Kier alpha value is -1.71. The van der Waals surface area contributed by atoms with E-state index in [0.29, 0.717) is 5.56 Å². The molecule has 0 bridgehead atoms. The summed E-state index contributed by atoms with van der Waals surface area (Å²) in [7, 11) is 1.67. The van der Waals surface area contributed by atoms with Gasteiger partial charge < -0.3 is 9.84 Å². The first kappa shape index (κ1) is 9.83. The zero-order chi connectivity index (χ0) is 11.1. The standard InChI is InChI=1S/C11H13NO3/c1-11(7-15-10(14)12(11)2)8-5-3-4-6-9(8)13/h3-6,13H,7H2,1-2H3. The number of ether oxygens (including phenoxy) is 1. The number of cyclic esters (lactones) is 1. The van der Waals surface area contributed by atoms with Crippen molar-refractivity contribution in [3.05, 3.63) is 29.8 Å². The molecule has 15 heavy (non-hydrogen) atoms. The summed E-state index contributed by atoms with van der Waals surface area (Å²) >= 11 is 0. The van der Waals surface area contributed by atoms with Crippen LogP contribution in [0.2, 0.25) is 0 Å². The van der Waals surface area contributed by atoms with Crippen molar-refractivity contribution < 1.29 is 14.6 Å². The highest BCUT2D eigenvalue weighted by atomic mass is 16.6. The van der Waals surface area contributed by atoms with Gasteiger partial charge in [-0.15, -0.1) is 0 Å². The fourth-order valence-electron chi connectivity index (χ4n) is 1.78. The molecule has 1 aliphatic heterocycles. The predicted octanol–water partition coefficient (Wildman–Crippen LogP) is 1.69. The quantitative estimate of drug-likeness (QED) is 0.762. The van der Waals surface area contributed by atoms with E-state index in [1.807, 2.05) is 13.0 Å². The van der Waals surface area contributed by atoms with Crippen molar-refractivity contribution in [1.29, 1.82) is 0 Å². The van der Waals surface area contributed by atoms with Crippen LogP contribution in [0, 0.1) is 0 Å². The van der Waals surface area contributed by atoms with Gasteiger partial charge in [0.05, 0.1) is 0 Å². The number of rotatable bonds is 1. The third-order valence-electron chi connectivity index (χ3n) is 2.98. The largest absolute Gasteiger partial charge is 0.508 e. The zero-order valence-corrected chi connectivity index (χ0v) is 8.73. The van der Waals surface area contributed by atoms with Crippen molar-refractivity contribution in [1.82, 2.24) is 4.90 Å². The van der Waals surface area contributed by atoms with E-state index in [4.69, 9.17) is 4.74 Å². The Morgan fingerprint density at radius 1 is 1.47 bits per heavy atom. The topological polar surface area (TPSA) is 49.8 Å². The van der Waals surface area contributed by atoms with Crippen LogP contribution >= 0.6 is 0 Å². The van der Waals surface area contributed by atoms with Crippen LogP contribution in [-0.2, 0) is 10.3 Å². The number of nitrogens with zero attached hydrogens (tertiary/aromatic N) is 1. The fraction of sp³-hybridized carbons (Fsp3) is 0.364. The molecule has 80 valence electrons. The van der Waals surface area contributed by atoms with Crippen LogP contribution in [0.3, 0.4) is 0 Å². The molecule has 1 unspecified atom stereocenters. The third kappa shape index (κ3) is 1.33. The van der Waals surface area contributed by atoms with Crippen LogP contribution in [0.25, 0.3) is 0 Å². The minimum absolute atomic E-state index is 0.185. The molecule has 4 heteroatoms. The first-order valence-electron chi connectivity index (χ1n) is 4.75. The van der Waals surface area contributed by atoms with E-state index in [9.17, 15) is 9.90 Å². The summed E-state index contributed by atoms with van der Waals surface area (Å²) in [5, 5.41) is 9.75. The van der Waals surface area contributed by atoms with E-state index in [1.54, 1.807) is 25.2 Å². The van der Waals surface area contributed by atoms with Gasteiger partial charge in [0.2, 0.25) is 0 Å². The van der Waals surface area contributed by atoms with Crippen LogP contribution in [0.1, 0.15) is 12.5 Å². The van der Waals surface area contributed by atoms with Gasteiger partial charge in [0.15, 0.2) is 0 Å². The fourth-order valence-corrected chi connectivity index (χ4v) is 1.78. The Morgan fingerprint density at radius 3 is 2.67 bits per heavy atom.